The molecule has 1 aliphatic heterocycles. The lowest BCUT2D eigenvalue weighted by atomic mass is 9.91. The predicted octanol–water partition coefficient (Wildman–Crippen LogP) is 3.02. The normalized spacial score (nSPS) is 23.4. The summed E-state index contributed by atoms with van der Waals surface area (Å²) in [6.07, 6.45) is -0.552. The van der Waals surface area contributed by atoms with Gasteiger partial charge in [-0.25, -0.2) is 0 Å². The molecule has 0 aliphatic carbocycles. The van der Waals surface area contributed by atoms with Crippen LogP contribution in [0.5, 0.6) is 0 Å². The molecule has 0 spiro atoms. The Morgan fingerprint density at radius 3 is 2.25 bits per heavy atom. The van der Waals surface area contributed by atoms with E-state index in [1.807, 2.05) is 60.7 Å². The van der Waals surface area contributed by atoms with E-state index in [1.165, 1.54) is 0 Å². The van der Waals surface area contributed by atoms with Crippen molar-refractivity contribution in [2.45, 2.75) is 18.6 Å². The Morgan fingerprint density at radius 1 is 1.00 bits per heavy atom. The third kappa shape index (κ3) is 2.45. The van der Waals surface area contributed by atoms with E-state index in [0.29, 0.717) is 6.42 Å². The molecule has 3 rings (SSSR count). The van der Waals surface area contributed by atoms with Crippen molar-refractivity contribution in [3.05, 3.63) is 71.8 Å². The van der Waals surface area contributed by atoms with Crippen LogP contribution in [0, 0.1) is 5.92 Å². The molecule has 2 aromatic rings. The number of carbonyl (C=O) groups excluding carboxylic acids is 1. The van der Waals surface area contributed by atoms with Gasteiger partial charge >= 0.3 is 5.97 Å². The number of rotatable bonds is 3. The number of aliphatic hydroxyl groups is 1. The van der Waals surface area contributed by atoms with Crippen molar-refractivity contribution in [1.82, 2.24) is 0 Å². The summed E-state index contributed by atoms with van der Waals surface area (Å²) in [4.78, 5) is 12.0. The minimum Gasteiger partial charge on any atom is -0.457 e. The summed E-state index contributed by atoms with van der Waals surface area (Å²) in [5.74, 6) is -0.821. The summed E-state index contributed by atoms with van der Waals surface area (Å²) in [5.41, 5.74) is 1.73. The molecule has 0 radical (unpaired) electrons. The number of esters is 1. The predicted molar refractivity (Wildman–Crippen MR) is 74.8 cm³/mol. The molecule has 102 valence electrons. The molecule has 0 aromatic heterocycles. The molecule has 1 aliphatic rings. The molecule has 3 nitrogen and oxygen atoms in total. The molecule has 0 bridgehead atoms. The molecule has 20 heavy (non-hydrogen) atoms. The molecule has 1 heterocycles. The minimum atomic E-state index is -0.808. The number of hydrogen-bond donors (Lipinski definition) is 1. The van der Waals surface area contributed by atoms with Crippen molar-refractivity contribution in [2.24, 2.45) is 5.92 Å². The third-order valence-electron chi connectivity index (χ3n) is 3.72. The summed E-state index contributed by atoms with van der Waals surface area (Å²) in [6.45, 7) is 0. The van der Waals surface area contributed by atoms with Gasteiger partial charge in [-0.2, -0.15) is 0 Å². The van der Waals surface area contributed by atoms with Gasteiger partial charge in [0, 0.05) is 6.42 Å². The molecule has 3 atom stereocenters. The fourth-order valence-corrected chi connectivity index (χ4v) is 2.61. The van der Waals surface area contributed by atoms with Crippen LogP contribution in [0.15, 0.2) is 60.7 Å². The summed E-state index contributed by atoms with van der Waals surface area (Å²) >= 11 is 0. The van der Waals surface area contributed by atoms with E-state index in [0.717, 1.165) is 11.1 Å². The lowest BCUT2D eigenvalue weighted by Gasteiger charge is -2.14. The zero-order valence-electron chi connectivity index (χ0n) is 11.0. The number of hydrogen-bond acceptors (Lipinski definition) is 3. The molecule has 1 saturated heterocycles. The highest BCUT2D eigenvalue weighted by Crippen LogP contribution is 2.39. The molecular weight excluding hydrogens is 252 g/mol. The highest BCUT2D eigenvalue weighted by atomic mass is 16.6. The molecule has 2 aromatic carbocycles. The standard InChI is InChI=1S/C17H16O3/c18-16(13-9-5-2-6-10-13)14-11-15(20-17(14)19)12-7-3-1-4-8-12/h1-10,14-16,18H,11H2/t14-,15+,16+/m0/s1. The number of carbonyl (C=O) groups is 1. The van der Waals surface area contributed by atoms with E-state index >= 15 is 0 Å². The van der Waals surface area contributed by atoms with Gasteiger partial charge in [-0.1, -0.05) is 60.7 Å². The lowest BCUT2D eigenvalue weighted by molar-refractivity contribution is -0.147. The first kappa shape index (κ1) is 12.9. The van der Waals surface area contributed by atoms with Gasteiger partial charge in [0.2, 0.25) is 0 Å². The largest absolute Gasteiger partial charge is 0.457 e. The van der Waals surface area contributed by atoms with Crippen molar-refractivity contribution in [1.29, 1.82) is 0 Å². The summed E-state index contributed by atoms with van der Waals surface area (Å²) in [6, 6.07) is 18.9. The Labute approximate surface area is 117 Å². The van der Waals surface area contributed by atoms with Crippen LogP contribution in [0.1, 0.15) is 29.8 Å². The van der Waals surface area contributed by atoms with E-state index in [2.05, 4.69) is 0 Å². The Balaban J connectivity index is 1.78. The second-order valence-corrected chi connectivity index (χ2v) is 5.03. The zero-order valence-corrected chi connectivity index (χ0v) is 11.0. The fraction of sp³-hybridized carbons (Fsp3) is 0.235. The van der Waals surface area contributed by atoms with Gasteiger partial charge < -0.3 is 9.84 Å². The molecule has 1 N–H and O–H groups in total. The third-order valence-corrected chi connectivity index (χ3v) is 3.72. The maximum Gasteiger partial charge on any atom is 0.312 e. The highest BCUT2D eigenvalue weighted by molar-refractivity contribution is 5.75. The van der Waals surface area contributed by atoms with Crippen molar-refractivity contribution < 1.29 is 14.6 Å². The van der Waals surface area contributed by atoms with E-state index in [9.17, 15) is 9.90 Å². The average Bonchev–Trinajstić information content (AvgIpc) is 2.90. The molecule has 3 heteroatoms. The van der Waals surface area contributed by atoms with Gasteiger partial charge in [0.15, 0.2) is 0 Å². The van der Waals surface area contributed by atoms with Crippen molar-refractivity contribution in [2.75, 3.05) is 0 Å². The van der Waals surface area contributed by atoms with Gasteiger partial charge in [0.1, 0.15) is 6.10 Å². The van der Waals surface area contributed by atoms with Crippen molar-refractivity contribution in [3.8, 4) is 0 Å². The number of cyclic esters (lactones) is 1. The van der Waals surface area contributed by atoms with E-state index < -0.39 is 12.0 Å². The first-order valence-electron chi connectivity index (χ1n) is 6.74. The van der Waals surface area contributed by atoms with Crippen LogP contribution in [0.3, 0.4) is 0 Å². The van der Waals surface area contributed by atoms with Crippen LogP contribution in [0.4, 0.5) is 0 Å². The van der Waals surface area contributed by atoms with Crippen molar-refractivity contribution in [3.63, 3.8) is 0 Å². The number of aliphatic hydroxyl groups excluding tert-OH is 1. The maximum absolute atomic E-state index is 12.0. The summed E-state index contributed by atoms with van der Waals surface area (Å²) < 4.78 is 5.40. The Kier molecular flexibility index (Phi) is 3.52. The Bertz CT molecular complexity index is 580. The number of ether oxygens (including phenoxy) is 1. The maximum atomic E-state index is 12.0. The van der Waals surface area contributed by atoms with Gasteiger partial charge in [0.25, 0.3) is 0 Å². The van der Waals surface area contributed by atoms with Crippen LogP contribution >= 0.6 is 0 Å². The second kappa shape index (κ2) is 5.47. The quantitative estimate of drug-likeness (QED) is 0.870. The first-order valence-corrected chi connectivity index (χ1v) is 6.74. The van der Waals surface area contributed by atoms with Crippen LogP contribution < -0.4 is 0 Å². The smallest absolute Gasteiger partial charge is 0.312 e. The van der Waals surface area contributed by atoms with E-state index in [4.69, 9.17) is 4.74 Å². The average molecular weight is 268 g/mol. The van der Waals surface area contributed by atoms with Gasteiger partial charge in [-0.3, -0.25) is 4.79 Å². The van der Waals surface area contributed by atoms with Crippen LogP contribution in [0.25, 0.3) is 0 Å². The van der Waals surface area contributed by atoms with Gasteiger partial charge in [-0.05, 0) is 11.1 Å². The lowest BCUT2D eigenvalue weighted by Crippen LogP contribution is -2.17. The monoisotopic (exact) mass is 268 g/mol. The molecule has 0 saturated carbocycles. The fourth-order valence-electron chi connectivity index (χ4n) is 2.61. The summed E-state index contributed by atoms with van der Waals surface area (Å²) in [7, 11) is 0. The SMILES string of the molecule is O=C1O[C@@H](c2ccccc2)C[C@H]1[C@H](O)c1ccccc1. The van der Waals surface area contributed by atoms with Gasteiger partial charge in [-0.15, -0.1) is 0 Å². The van der Waals surface area contributed by atoms with Crippen LogP contribution in [-0.4, -0.2) is 11.1 Å². The zero-order chi connectivity index (χ0) is 13.9. The Morgan fingerprint density at radius 2 is 1.60 bits per heavy atom. The van der Waals surface area contributed by atoms with E-state index in [1.54, 1.807) is 0 Å². The van der Waals surface area contributed by atoms with Crippen LogP contribution in [0.2, 0.25) is 0 Å². The number of benzene rings is 2. The summed E-state index contributed by atoms with van der Waals surface area (Å²) in [5, 5.41) is 10.4. The second-order valence-electron chi connectivity index (χ2n) is 5.03. The molecule has 1 fully saturated rings. The molecule has 0 unspecified atom stereocenters. The van der Waals surface area contributed by atoms with E-state index in [-0.39, 0.29) is 12.1 Å². The van der Waals surface area contributed by atoms with Crippen LogP contribution in [-0.2, 0) is 9.53 Å². The van der Waals surface area contributed by atoms with Crippen molar-refractivity contribution >= 4 is 5.97 Å². The molecular formula is C17H16O3. The Hall–Kier alpha value is -2.13. The molecule has 0 amide bonds. The van der Waals surface area contributed by atoms with Gasteiger partial charge in [0.05, 0.1) is 12.0 Å². The minimum absolute atomic E-state index is 0.257. The topological polar surface area (TPSA) is 46.5 Å². The first-order chi connectivity index (χ1) is 9.75. The highest BCUT2D eigenvalue weighted by Gasteiger charge is 2.40.